The van der Waals surface area contributed by atoms with Crippen molar-refractivity contribution in [3.63, 3.8) is 0 Å². The molecule has 0 atom stereocenters. The third kappa shape index (κ3) is 2.97. The summed E-state index contributed by atoms with van der Waals surface area (Å²) in [4.78, 5) is 4.47. The Morgan fingerprint density at radius 2 is 1.95 bits per heavy atom. The highest BCUT2D eigenvalue weighted by molar-refractivity contribution is 7.85. The molecule has 108 valence electrons. The summed E-state index contributed by atoms with van der Waals surface area (Å²) in [5.74, 6) is 0. The first-order chi connectivity index (χ1) is 9.93. The topological polar surface area (TPSA) is 67.3 Å². The van der Waals surface area contributed by atoms with E-state index in [0.29, 0.717) is 6.42 Å². The first kappa shape index (κ1) is 14.2. The van der Waals surface area contributed by atoms with Crippen LogP contribution in [0.15, 0.2) is 47.4 Å². The van der Waals surface area contributed by atoms with E-state index in [1.807, 2.05) is 31.2 Å². The van der Waals surface area contributed by atoms with Gasteiger partial charge in [0.2, 0.25) is 0 Å². The van der Waals surface area contributed by atoms with E-state index in [1.54, 1.807) is 17.4 Å². The van der Waals surface area contributed by atoms with Gasteiger partial charge >= 0.3 is 0 Å². The number of fused-ring (bicyclic) bond motifs is 1. The van der Waals surface area contributed by atoms with Crippen molar-refractivity contribution in [1.82, 2.24) is 4.98 Å². The Morgan fingerprint density at radius 3 is 2.67 bits per heavy atom. The van der Waals surface area contributed by atoms with E-state index in [2.05, 4.69) is 4.98 Å². The van der Waals surface area contributed by atoms with Crippen molar-refractivity contribution in [1.29, 1.82) is 0 Å². The monoisotopic (exact) mass is 319 g/mol. The minimum atomic E-state index is -4.18. The molecule has 1 N–H and O–H groups in total. The Hall–Kier alpha value is -1.76. The van der Waals surface area contributed by atoms with Gasteiger partial charge in [-0.2, -0.15) is 8.42 Å². The molecule has 0 saturated heterocycles. The summed E-state index contributed by atoms with van der Waals surface area (Å²) in [6.45, 7) is 1.91. The zero-order valence-electron chi connectivity index (χ0n) is 11.3. The van der Waals surface area contributed by atoms with Crippen LogP contribution in [-0.4, -0.2) is 18.0 Å². The highest BCUT2D eigenvalue weighted by Gasteiger charge is 2.13. The number of hydrogen-bond donors (Lipinski definition) is 1. The molecule has 0 aliphatic carbocycles. The van der Waals surface area contributed by atoms with E-state index in [-0.39, 0.29) is 4.90 Å². The number of rotatable bonds is 3. The second kappa shape index (κ2) is 5.22. The number of thiazole rings is 1. The molecule has 0 unspecified atom stereocenters. The molecular weight excluding hydrogens is 306 g/mol. The molecule has 0 amide bonds. The van der Waals surface area contributed by atoms with Gasteiger partial charge in [0.1, 0.15) is 0 Å². The van der Waals surface area contributed by atoms with Crippen LogP contribution in [0.5, 0.6) is 0 Å². The molecule has 0 saturated carbocycles. The standard InChI is InChI=1S/C15H13NO3S2/c1-10-6-7-12(21(17,18)19)8-11(10)9-15-16-13-4-2-3-5-14(13)20-15/h2-8H,9H2,1H3,(H,17,18,19). The van der Waals surface area contributed by atoms with E-state index in [4.69, 9.17) is 4.55 Å². The van der Waals surface area contributed by atoms with Gasteiger partial charge in [-0.05, 0) is 42.3 Å². The van der Waals surface area contributed by atoms with Gasteiger partial charge in [-0.1, -0.05) is 18.2 Å². The number of para-hydroxylation sites is 1. The maximum Gasteiger partial charge on any atom is 0.294 e. The van der Waals surface area contributed by atoms with Crippen LogP contribution >= 0.6 is 11.3 Å². The molecule has 6 heteroatoms. The third-order valence-electron chi connectivity index (χ3n) is 3.30. The van der Waals surface area contributed by atoms with Crippen molar-refractivity contribution < 1.29 is 13.0 Å². The fourth-order valence-corrected chi connectivity index (χ4v) is 3.68. The minimum absolute atomic E-state index is 0.0794. The molecule has 4 nitrogen and oxygen atoms in total. The van der Waals surface area contributed by atoms with Gasteiger partial charge in [0.05, 0.1) is 20.1 Å². The van der Waals surface area contributed by atoms with E-state index in [0.717, 1.165) is 26.4 Å². The summed E-state index contributed by atoms with van der Waals surface area (Å²) in [5, 5.41) is 0.923. The minimum Gasteiger partial charge on any atom is -0.282 e. The van der Waals surface area contributed by atoms with Crippen molar-refractivity contribution >= 4 is 31.7 Å². The quantitative estimate of drug-likeness (QED) is 0.751. The Bertz CT molecular complexity index is 881. The molecule has 3 aromatic rings. The second-order valence-electron chi connectivity index (χ2n) is 4.82. The largest absolute Gasteiger partial charge is 0.294 e. The SMILES string of the molecule is Cc1ccc(S(=O)(=O)O)cc1Cc1nc2ccccc2s1. The lowest BCUT2D eigenvalue weighted by atomic mass is 10.1. The first-order valence-electron chi connectivity index (χ1n) is 6.35. The van der Waals surface area contributed by atoms with Crippen LogP contribution in [0, 0.1) is 6.92 Å². The molecule has 3 rings (SSSR count). The number of aryl methyl sites for hydroxylation is 1. The molecule has 0 radical (unpaired) electrons. The molecule has 2 aromatic carbocycles. The van der Waals surface area contributed by atoms with Gasteiger partial charge in [0, 0.05) is 6.42 Å². The smallest absolute Gasteiger partial charge is 0.282 e. The number of nitrogens with zero attached hydrogens (tertiary/aromatic N) is 1. The average Bonchev–Trinajstić information content (AvgIpc) is 2.82. The van der Waals surface area contributed by atoms with Crippen molar-refractivity contribution in [3.8, 4) is 0 Å². The van der Waals surface area contributed by atoms with E-state index >= 15 is 0 Å². The lowest BCUT2D eigenvalue weighted by molar-refractivity contribution is 0.483. The summed E-state index contributed by atoms with van der Waals surface area (Å²) in [6, 6.07) is 12.5. The molecule has 0 aliphatic rings. The lowest BCUT2D eigenvalue weighted by Gasteiger charge is -2.05. The fraction of sp³-hybridized carbons (Fsp3) is 0.133. The van der Waals surface area contributed by atoms with E-state index in [9.17, 15) is 8.42 Å². The highest BCUT2D eigenvalue weighted by atomic mass is 32.2. The van der Waals surface area contributed by atoms with Gasteiger partial charge in [0.25, 0.3) is 10.1 Å². The van der Waals surface area contributed by atoms with Gasteiger partial charge in [-0.15, -0.1) is 11.3 Å². The predicted octanol–water partition coefficient (Wildman–Crippen LogP) is 3.44. The summed E-state index contributed by atoms with van der Waals surface area (Å²) < 4.78 is 32.7. The predicted molar refractivity (Wildman–Crippen MR) is 83.4 cm³/mol. The molecule has 1 heterocycles. The molecule has 0 bridgehead atoms. The Labute approximate surface area is 126 Å². The van der Waals surface area contributed by atoms with Crippen LogP contribution in [0.2, 0.25) is 0 Å². The zero-order chi connectivity index (χ0) is 15.0. The highest BCUT2D eigenvalue weighted by Crippen LogP contribution is 2.25. The molecule has 0 aliphatic heterocycles. The van der Waals surface area contributed by atoms with Crippen LogP contribution in [0.4, 0.5) is 0 Å². The maximum absolute atomic E-state index is 11.2. The molecule has 21 heavy (non-hydrogen) atoms. The summed E-state index contributed by atoms with van der Waals surface area (Å²) in [5.41, 5.74) is 2.77. The van der Waals surface area contributed by atoms with Gasteiger partial charge in [0.15, 0.2) is 0 Å². The molecular formula is C15H13NO3S2. The van der Waals surface area contributed by atoms with Gasteiger partial charge in [-0.25, -0.2) is 4.98 Å². The van der Waals surface area contributed by atoms with Crippen LogP contribution in [0.1, 0.15) is 16.1 Å². The van der Waals surface area contributed by atoms with E-state index in [1.165, 1.54) is 12.1 Å². The van der Waals surface area contributed by atoms with Crippen molar-refractivity contribution in [2.75, 3.05) is 0 Å². The second-order valence-corrected chi connectivity index (χ2v) is 7.35. The van der Waals surface area contributed by atoms with Gasteiger partial charge < -0.3 is 0 Å². The fourth-order valence-electron chi connectivity index (χ4n) is 2.16. The van der Waals surface area contributed by atoms with E-state index < -0.39 is 10.1 Å². The number of hydrogen-bond acceptors (Lipinski definition) is 4. The number of aromatic nitrogens is 1. The Kier molecular flexibility index (Phi) is 3.52. The third-order valence-corrected chi connectivity index (χ3v) is 5.18. The van der Waals surface area contributed by atoms with Crippen molar-refractivity contribution in [2.24, 2.45) is 0 Å². The molecule has 0 spiro atoms. The van der Waals surface area contributed by atoms with Gasteiger partial charge in [-0.3, -0.25) is 4.55 Å². The van der Waals surface area contributed by atoms with Crippen molar-refractivity contribution in [2.45, 2.75) is 18.2 Å². The Morgan fingerprint density at radius 1 is 1.19 bits per heavy atom. The summed E-state index contributed by atoms with van der Waals surface area (Å²) >= 11 is 1.59. The van der Waals surface area contributed by atoms with Crippen molar-refractivity contribution in [3.05, 3.63) is 58.6 Å². The normalized spacial score (nSPS) is 11.9. The number of benzene rings is 2. The maximum atomic E-state index is 11.2. The molecule has 0 fully saturated rings. The lowest BCUT2D eigenvalue weighted by Crippen LogP contribution is -2.00. The van der Waals surface area contributed by atoms with Crippen LogP contribution in [0.3, 0.4) is 0 Å². The van der Waals surface area contributed by atoms with Crippen LogP contribution in [-0.2, 0) is 16.5 Å². The van der Waals surface area contributed by atoms with Crippen LogP contribution < -0.4 is 0 Å². The Balaban J connectivity index is 2.01. The summed E-state index contributed by atoms with van der Waals surface area (Å²) in [6.07, 6.45) is 0.550. The first-order valence-corrected chi connectivity index (χ1v) is 8.60. The molecule has 1 aromatic heterocycles. The average molecular weight is 319 g/mol. The zero-order valence-corrected chi connectivity index (χ0v) is 12.9. The van der Waals surface area contributed by atoms with Crippen LogP contribution in [0.25, 0.3) is 10.2 Å². The summed E-state index contributed by atoms with van der Waals surface area (Å²) in [7, 11) is -4.18.